The van der Waals surface area contributed by atoms with Crippen molar-refractivity contribution in [3.05, 3.63) is 60.2 Å². The van der Waals surface area contributed by atoms with Crippen molar-refractivity contribution in [1.29, 1.82) is 0 Å². The second kappa shape index (κ2) is 5.50. The van der Waals surface area contributed by atoms with Crippen LogP contribution in [0.15, 0.2) is 59.8 Å². The Balaban J connectivity index is 1.69. The van der Waals surface area contributed by atoms with E-state index in [1.165, 1.54) is 11.3 Å². The van der Waals surface area contributed by atoms with Crippen molar-refractivity contribution in [3.8, 4) is 11.4 Å². The van der Waals surface area contributed by atoms with E-state index in [2.05, 4.69) is 75.1 Å². The monoisotopic (exact) mass is 308 g/mol. The molecule has 0 radical (unpaired) electrons. The van der Waals surface area contributed by atoms with Crippen molar-refractivity contribution in [2.45, 2.75) is 18.7 Å². The van der Waals surface area contributed by atoms with Crippen molar-refractivity contribution >= 4 is 17.4 Å². The van der Waals surface area contributed by atoms with Gasteiger partial charge in [-0.2, -0.15) is 0 Å². The van der Waals surface area contributed by atoms with Crippen LogP contribution in [-0.4, -0.2) is 20.6 Å². The summed E-state index contributed by atoms with van der Waals surface area (Å²) in [5.74, 6) is 1.83. The van der Waals surface area contributed by atoms with Crippen molar-refractivity contribution in [2.24, 2.45) is 0 Å². The van der Waals surface area contributed by atoms with E-state index in [1.807, 2.05) is 6.07 Å². The van der Waals surface area contributed by atoms with Gasteiger partial charge >= 0.3 is 0 Å². The highest BCUT2D eigenvalue weighted by atomic mass is 32.2. The van der Waals surface area contributed by atoms with E-state index in [-0.39, 0.29) is 0 Å². The van der Waals surface area contributed by atoms with Gasteiger partial charge in [0.25, 0.3) is 0 Å². The Morgan fingerprint density at radius 1 is 0.955 bits per heavy atom. The van der Waals surface area contributed by atoms with Gasteiger partial charge in [-0.1, -0.05) is 59.8 Å². The predicted octanol–water partition coefficient (Wildman–Crippen LogP) is 3.78. The molecule has 3 aromatic rings. The summed E-state index contributed by atoms with van der Waals surface area (Å²) in [5, 5.41) is 9.71. The van der Waals surface area contributed by atoms with Crippen LogP contribution < -0.4 is 4.90 Å². The quantitative estimate of drug-likeness (QED) is 0.721. The molecule has 0 atom stereocenters. The van der Waals surface area contributed by atoms with Crippen molar-refractivity contribution in [1.82, 2.24) is 14.8 Å². The highest BCUT2D eigenvalue weighted by Gasteiger charge is 2.22. The van der Waals surface area contributed by atoms with E-state index in [1.54, 1.807) is 11.8 Å². The summed E-state index contributed by atoms with van der Waals surface area (Å²) in [6.45, 7) is 2.87. The number of aryl methyl sites for hydroxylation is 1. The van der Waals surface area contributed by atoms with Crippen LogP contribution in [0, 0.1) is 6.92 Å². The number of hydrogen-bond acceptors (Lipinski definition) is 4. The van der Waals surface area contributed by atoms with Crippen LogP contribution in [0.3, 0.4) is 0 Å². The lowest BCUT2D eigenvalue weighted by Crippen LogP contribution is -2.30. The molecule has 0 saturated carbocycles. The van der Waals surface area contributed by atoms with Crippen LogP contribution in [0.4, 0.5) is 5.69 Å². The number of thioether (sulfide) groups is 1. The van der Waals surface area contributed by atoms with Crippen LogP contribution in [0.5, 0.6) is 0 Å². The third kappa shape index (κ3) is 2.37. The van der Waals surface area contributed by atoms with Crippen molar-refractivity contribution in [3.63, 3.8) is 0 Å². The first-order valence-electron chi connectivity index (χ1n) is 7.24. The molecular formula is C17H16N4S. The fourth-order valence-corrected chi connectivity index (χ4v) is 3.48. The average molecular weight is 308 g/mol. The maximum absolute atomic E-state index is 4.39. The van der Waals surface area contributed by atoms with Gasteiger partial charge in [0.2, 0.25) is 0 Å². The highest BCUT2D eigenvalue weighted by molar-refractivity contribution is 7.99. The van der Waals surface area contributed by atoms with Crippen molar-refractivity contribution < 1.29 is 0 Å². The second-order valence-electron chi connectivity index (χ2n) is 5.39. The first kappa shape index (κ1) is 13.4. The van der Waals surface area contributed by atoms with Gasteiger partial charge in [0, 0.05) is 11.3 Å². The Morgan fingerprint density at radius 3 is 2.50 bits per heavy atom. The first-order valence-corrected chi connectivity index (χ1v) is 8.23. The Labute approximate surface area is 133 Å². The molecule has 5 heteroatoms. The molecule has 1 aliphatic heterocycles. The van der Waals surface area contributed by atoms with E-state index in [9.17, 15) is 0 Å². The number of fused-ring (bicyclic) bond motifs is 1. The van der Waals surface area contributed by atoms with Crippen LogP contribution in [0.1, 0.15) is 5.56 Å². The topological polar surface area (TPSA) is 34.0 Å². The molecule has 0 fully saturated rings. The summed E-state index contributed by atoms with van der Waals surface area (Å²) in [7, 11) is 0. The van der Waals surface area contributed by atoms with Crippen LogP contribution in [0.2, 0.25) is 0 Å². The largest absolute Gasteiger partial charge is 0.344 e. The number of rotatable bonds is 2. The number of para-hydroxylation sites is 1. The molecule has 0 unspecified atom stereocenters. The molecule has 4 rings (SSSR count). The van der Waals surface area contributed by atoms with E-state index in [4.69, 9.17) is 0 Å². The lowest BCUT2D eigenvalue weighted by atomic mass is 10.1. The minimum Gasteiger partial charge on any atom is -0.344 e. The summed E-state index contributed by atoms with van der Waals surface area (Å²) in [5.41, 5.74) is 3.59. The van der Waals surface area contributed by atoms with Crippen LogP contribution in [0.25, 0.3) is 11.4 Å². The summed E-state index contributed by atoms with van der Waals surface area (Å²) < 4.78 is 2.19. The smallest absolute Gasteiger partial charge is 0.194 e. The van der Waals surface area contributed by atoms with Gasteiger partial charge in [-0.25, -0.2) is 0 Å². The number of benzene rings is 2. The fraction of sp³-hybridized carbons (Fsp3) is 0.176. The standard InChI is InChI=1S/C17H16N4S/c1-13-7-9-14(10-8-13)16-18-19-17-21(16)11-20(12-22-17)15-5-3-2-4-6-15/h2-10H,11-12H2,1H3. The van der Waals surface area contributed by atoms with Gasteiger partial charge in [-0.05, 0) is 19.1 Å². The normalized spacial score (nSPS) is 14.0. The van der Waals surface area contributed by atoms with Crippen LogP contribution >= 0.6 is 11.8 Å². The van der Waals surface area contributed by atoms with Gasteiger partial charge < -0.3 is 4.90 Å². The van der Waals surface area contributed by atoms with E-state index >= 15 is 0 Å². The summed E-state index contributed by atoms with van der Waals surface area (Å²) in [6.07, 6.45) is 0. The molecule has 2 heterocycles. The molecular weight excluding hydrogens is 292 g/mol. The maximum atomic E-state index is 4.39. The molecule has 0 spiro atoms. The number of aromatic nitrogens is 3. The van der Waals surface area contributed by atoms with Crippen LogP contribution in [-0.2, 0) is 6.67 Å². The van der Waals surface area contributed by atoms with Gasteiger partial charge in [-0.15, -0.1) is 10.2 Å². The van der Waals surface area contributed by atoms with Gasteiger partial charge in [-0.3, -0.25) is 4.57 Å². The predicted molar refractivity (Wildman–Crippen MR) is 89.8 cm³/mol. The zero-order valence-electron chi connectivity index (χ0n) is 12.3. The SMILES string of the molecule is Cc1ccc(-c2nnc3n2CN(c2ccccc2)CS3)cc1. The molecule has 0 bridgehead atoms. The zero-order valence-corrected chi connectivity index (χ0v) is 13.1. The molecule has 0 aliphatic carbocycles. The third-order valence-electron chi connectivity index (χ3n) is 3.81. The molecule has 4 nitrogen and oxygen atoms in total. The minimum absolute atomic E-state index is 0.780. The Bertz CT molecular complexity index is 780. The number of nitrogens with zero attached hydrogens (tertiary/aromatic N) is 4. The minimum atomic E-state index is 0.780. The fourth-order valence-electron chi connectivity index (χ4n) is 2.58. The second-order valence-corrected chi connectivity index (χ2v) is 6.30. The summed E-state index contributed by atoms with van der Waals surface area (Å²) >= 11 is 1.73. The Kier molecular flexibility index (Phi) is 3.35. The van der Waals surface area contributed by atoms with E-state index in [0.717, 1.165) is 29.1 Å². The maximum Gasteiger partial charge on any atom is 0.194 e. The highest BCUT2D eigenvalue weighted by Crippen LogP contribution is 2.31. The number of hydrogen-bond donors (Lipinski definition) is 0. The Morgan fingerprint density at radius 2 is 1.73 bits per heavy atom. The summed E-state index contributed by atoms with van der Waals surface area (Å²) in [4.78, 5) is 2.33. The van der Waals surface area contributed by atoms with Gasteiger partial charge in [0.15, 0.2) is 11.0 Å². The average Bonchev–Trinajstić information content (AvgIpc) is 2.99. The molecule has 2 aromatic carbocycles. The molecule has 1 aliphatic rings. The van der Waals surface area contributed by atoms with E-state index in [0.29, 0.717) is 0 Å². The third-order valence-corrected chi connectivity index (χ3v) is 4.81. The summed E-state index contributed by atoms with van der Waals surface area (Å²) in [6, 6.07) is 18.9. The van der Waals surface area contributed by atoms with E-state index < -0.39 is 0 Å². The molecule has 0 N–H and O–H groups in total. The lowest BCUT2D eigenvalue weighted by Gasteiger charge is -2.29. The van der Waals surface area contributed by atoms with Gasteiger partial charge in [0.1, 0.15) is 0 Å². The Hall–Kier alpha value is -2.27. The lowest BCUT2D eigenvalue weighted by molar-refractivity contribution is 0.608. The molecule has 0 amide bonds. The molecule has 1 aromatic heterocycles. The first-order chi connectivity index (χ1) is 10.8. The molecule has 0 saturated heterocycles. The molecule has 22 heavy (non-hydrogen) atoms. The zero-order chi connectivity index (χ0) is 14.9. The van der Waals surface area contributed by atoms with Crippen molar-refractivity contribution in [2.75, 3.05) is 10.8 Å². The van der Waals surface area contributed by atoms with Gasteiger partial charge in [0.05, 0.1) is 12.5 Å². The molecule has 110 valence electrons. The number of anilines is 1.